The molecule has 4 N–H and O–H groups in total. The van der Waals surface area contributed by atoms with Gasteiger partial charge in [-0.05, 0) is 31.7 Å². The van der Waals surface area contributed by atoms with Crippen LogP contribution in [0.15, 0.2) is 36.7 Å². The van der Waals surface area contributed by atoms with Crippen LogP contribution in [0.25, 0.3) is 22.0 Å². The van der Waals surface area contributed by atoms with Gasteiger partial charge in [-0.2, -0.15) is 0 Å². The SMILES string of the molecule is Cc1ccc(-c2cnc(N)c3cnc(NC4CCC(O)C4)nc23)cc1. The molecule has 4 rings (SSSR count). The zero-order valence-corrected chi connectivity index (χ0v) is 14.1. The van der Waals surface area contributed by atoms with Crippen molar-refractivity contribution in [2.24, 2.45) is 0 Å². The highest BCUT2D eigenvalue weighted by molar-refractivity contribution is 5.98. The quantitative estimate of drug-likeness (QED) is 0.681. The van der Waals surface area contributed by atoms with Gasteiger partial charge in [-0.3, -0.25) is 0 Å². The summed E-state index contributed by atoms with van der Waals surface area (Å²) in [5.41, 5.74) is 9.98. The molecule has 0 saturated heterocycles. The number of nitrogens with two attached hydrogens (primary N) is 1. The minimum atomic E-state index is -0.235. The fraction of sp³-hybridized carbons (Fsp3) is 0.316. The predicted molar refractivity (Wildman–Crippen MR) is 99.2 cm³/mol. The van der Waals surface area contributed by atoms with Crippen molar-refractivity contribution in [1.29, 1.82) is 0 Å². The van der Waals surface area contributed by atoms with E-state index in [2.05, 4.69) is 46.5 Å². The van der Waals surface area contributed by atoms with E-state index in [0.717, 1.165) is 41.3 Å². The number of fused-ring (bicyclic) bond motifs is 1. The molecule has 2 atom stereocenters. The van der Waals surface area contributed by atoms with Gasteiger partial charge in [0.1, 0.15) is 5.82 Å². The second-order valence-electron chi connectivity index (χ2n) is 6.69. The van der Waals surface area contributed by atoms with Crippen LogP contribution in [0.1, 0.15) is 24.8 Å². The number of hydrogen-bond donors (Lipinski definition) is 3. The smallest absolute Gasteiger partial charge is 0.223 e. The van der Waals surface area contributed by atoms with E-state index in [1.165, 1.54) is 5.56 Å². The summed E-state index contributed by atoms with van der Waals surface area (Å²) in [4.78, 5) is 13.4. The minimum Gasteiger partial charge on any atom is -0.393 e. The van der Waals surface area contributed by atoms with Gasteiger partial charge < -0.3 is 16.2 Å². The molecule has 1 aliphatic carbocycles. The van der Waals surface area contributed by atoms with Gasteiger partial charge in [0.25, 0.3) is 0 Å². The van der Waals surface area contributed by atoms with Crippen LogP contribution < -0.4 is 11.1 Å². The van der Waals surface area contributed by atoms with Crippen molar-refractivity contribution in [3.8, 4) is 11.1 Å². The van der Waals surface area contributed by atoms with Crippen molar-refractivity contribution in [1.82, 2.24) is 15.0 Å². The molecular weight excluding hydrogens is 314 g/mol. The van der Waals surface area contributed by atoms with E-state index in [4.69, 9.17) is 10.7 Å². The lowest BCUT2D eigenvalue weighted by molar-refractivity contribution is 0.182. The van der Waals surface area contributed by atoms with Crippen LogP contribution in [0, 0.1) is 6.92 Å². The maximum absolute atomic E-state index is 9.70. The summed E-state index contributed by atoms with van der Waals surface area (Å²) in [6.45, 7) is 2.06. The van der Waals surface area contributed by atoms with Gasteiger partial charge in [0.2, 0.25) is 5.95 Å². The summed E-state index contributed by atoms with van der Waals surface area (Å²) in [5, 5.41) is 13.8. The van der Waals surface area contributed by atoms with Gasteiger partial charge in [0.15, 0.2) is 0 Å². The van der Waals surface area contributed by atoms with Crippen molar-refractivity contribution in [2.75, 3.05) is 11.1 Å². The predicted octanol–water partition coefficient (Wildman–Crippen LogP) is 2.91. The topological polar surface area (TPSA) is 97.0 Å². The summed E-state index contributed by atoms with van der Waals surface area (Å²) in [7, 11) is 0. The summed E-state index contributed by atoms with van der Waals surface area (Å²) in [6.07, 6.45) is 5.71. The lowest BCUT2D eigenvalue weighted by Crippen LogP contribution is -2.18. The average Bonchev–Trinajstić information content (AvgIpc) is 3.01. The van der Waals surface area contributed by atoms with Gasteiger partial charge in [-0.15, -0.1) is 0 Å². The highest BCUT2D eigenvalue weighted by Crippen LogP contribution is 2.30. The zero-order valence-electron chi connectivity index (χ0n) is 14.1. The summed E-state index contributed by atoms with van der Waals surface area (Å²) < 4.78 is 0. The average molecular weight is 335 g/mol. The molecule has 0 amide bonds. The van der Waals surface area contributed by atoms with E-state index < -0.39 is 0 Å². The number of nitrogen functional groups attached to an aromatic ring is 1. The highest BCUT2D eigenvalue weighted by atomic mass is 16.3. The first-order valence-electron chi connectivity index (χ1n) is 8.53. The molecule has 1 aromatic carbocycles. The lowest BCUT2D eigenvalue weighted by Gasteiger charge is -2.14. The van der Waals surface area contributed by atoms with Gasteiger partial charge in [0, 0.05) is 24.0 Å². The van der Waals surface area contributed by atoms with E-state index in [1.54, 1.807) is 12.4 Å². The van der Waals surface area contributed by atoms with Crippen molar-refractivity contribution < 1.29 is 5.11 Å². The standard InChI is InChI=1S/C19H21N5O/c1-11-2-4-12(5-3-11)15-9-21-18(20)16-10-22-19(24-17(15)16)23-13-6-7-14(25)8-13/h2-5,9-10,13-14,25H,6-8H2,1H3,(H2,20,21)(H,22,23,24). The Morgan fingerprint density at radius 1 is 1.12 bits per heavy atom. The van der Waals surface area contributed by atoms with Crippen molar-refractivity contribution in [3.05, 3.63) is 42.2 Å². The maximum atomic E-state index is 9.70. The molecule has 0 spiro atoms. The molecule has 0 radical (unpaired) electrons. The molecule has 3 aromatic rings. The second-order valence-corrected chi connectivity index (χ2v) is 6.69. The number of aliphatic hydroxyl groups is 1. The molecule has 128 valence electrons. The van der Waals surface area contributed by atoms with E-state index in [9.17, 15) is 5.11 Å². The van der Waals surface area contributed by atoms with Crippen LogP contribution in [-0.4, -0.2) is 32.2 Å². The summed E-state index contributed by atoms with van der Waals surface area (Å²) in [5.74, 6) is 0.985. The Labute approximate surface area is 146 Å². The number of nitrogens with zero attached hydrogens (tertiary/aromatic N) is 3. The number of aliphatic hydroxyl groups excluding tert-OH is 1. The van der Waals surface area contributed by atoms with Crippen LogP contribution in [0.3, 0.4) is 0 Å². The Morgan fingerprint density at radius 3 is 2.64 bits per heavy atom. The van der Waals surface area contributed by atoms with Crippen LogP contribution in [-0.2, 0) is 0 Å². The summed E-state index contributed by atoms with van der Waals surface area (Å²) in [6, 6.07) is 8.46. The van der Waals surface area contributed by atoms with Gasteiger partial charge in [0.05, 0.1) is 17.0 Å². The van der Waals surface area contributed by atoms with Gasteiger partial charge >= 0.3 is 0 Å². The van der Waals surface area contributed by atoms with Gasteiger partial charge in [-0.25, -0.2) is 15.0 Å². The van der Waals surface area contributed by atoms with Crippen LogP contribution in [0.2, 0.25) is 0 Å². The molecule has 2 aromatic heterocycles. The molecule has 2 unspecified atom stereocenters. The molecule has 1 fully saturated rings. The van der Waals surface area contributed by atoms with Crippen molar-refractivity contribution in [2.45, 2.75) is 38.3 Å². The number of pyridine rings is 1. The normalized spacial score (nSPS) is 20.1. The maximum Gasteiger partial charge on any atom is 0.223 e. The molecule has 2 heterocycles. The van der Waals surface area contributed by atoms with E-state index in [-0.39, 0.29) is 12.1 Å². The lowest BCUT2D eigenvalue weighted by atomic mass is 10.0. The highest BCUT2D eigenvalue weighted by Gasteiger charge is 2.23. The van der Waals surface area contributed by atoms with E-state index in [0.29, 0.717) is 11.8 Å². The Kier molecular flexibility index (Phi) is 3.97. The number of nitrogens with one attached hydrogen (secondary N) is 1. The number of aromatic nitrogens is 3. The Morgan fingerprint density at radius 2 is 1.92 bits per heavy atom. The van der Waals surface area contributed by atoms with E-state index >= 15 is 0 Å². The molecule has 1 aliphatic rings. The van der Waals surface area contributed by atoms with Gasteiger partial charge in [-0.1, -0.05) is 29.8 Å². The molecule has 6 nitrogen and oxygen atoms in total. The first-order chi connectivity index (χ1) is 12.1. The van der Waals surface area contributed by atoms with Crippen LogP contribution in [0.4, 0.5) is 11.8 Å². The Bertz CT molecular complexity index is 910. The molecule has 25 heavy (non-hydrogen) atoms. The third kappa shape index (κ3) is 3.13. The molecule has 6 heteroatoms. The number of anilines is 2. The fourth-order valence-corrected chi connectivity index (χ4v) is 3.32. The second kappa shape index (κ2) is 6.29. The third-order valence-corrected chi connectivity index (χ3v) is 4.75. The van der Waals surface area contributed by atoms with Crippen molar-refractivity contribution in [3.63, 3.8) is 0 Å². The largest absolute Gasteiger partial charge is 0.393 e. The van der Waals surface area contributed by atoms with Crippen LogP contribution >= 0.6 is 0 Å². The monoisotopic (exact) mass is 335 g/mol. The molecule has 0 bridgehead atoms. The molecule has 0 aliphatic heterocycles. The molecule has 1 saturated carbocycles. The van der Waals surface area contributed by atoms with E-state index in [1.807, 2.05) is 0 Å². The number of rotatable bonds is 3. The number of aryl methyl sites for hydroxylation is 1. The van der Waals surface area contributed by atoms with Crippen LogP contribution in [0.5, 0.6) is 0 Å². The first-order valence-corrected chi connectivity index (χ1v) is 8.53. The number of hydrogen-bond acceptors (Lipinski definition) is 6. The minimum absolute atomic E-state index is 0.203. The fourth-order valence-electron chi connectivity index (χ4n) is 3.32. The zero-order chi connectivity index (χ0) is 17.4. The number of benzene rings is 1. The Hall–Kier alpha value is -2.73. The third-order valence-electron chi connectivity index (χ3n) is 4.75. The molecular formula is C19H21N5O. The van der Waals surface area contributed by atoms with Crippen molar-refractivity contribution >= 4 is 22.7 Å². The Balaban J connectivity index is 1.76. The first kappa shape index (κ1) is 15.8. The summed E-state index contributed by atoms with van der Waals surface area (Å²) >= 11 is 0.